The third kappa shape index (κ3) is 7.60. The molecule has 0 unspecified atom stereocenters. The highest BCUT2D eigenvalue weighted by Crippen LogP contribution is 2.38. The number of rotatable bonds is 9. The van der Waals surface area contributed by atoms with Gasteiger partial charge in [-0.2, -0.15) is 8.78 Å². The number of hydrogen-bond acceptors (Lipinski definition) is 5. The summed E-state index contributed by atoms with van der Waals surface area (Å²) < 4.78 is 41.0. The van der Waals surface area contributed by atoms with E-state index >= 15 is 0 Å². The van der Waals surface area contributed by atoms with Gasteiger partial charge in [0.2, 0.25) is 6.79 Å². The second kappa shape index (κ2) is 12.8. The topological polar surface area (TPSA) is 67.4 Å². The Labute approximate surface area is 210 Å². The molecule has 0 amide bonds. The van der Waals surface area contributed by atoms with Crippen LogP contribution in [0.15, 0.2) is 41.4 Å². The van der Waals surface area contributed by atoms with Gasteiger partial charge in [-0.15, -0.1) is 24.0 Å². The second-order valence-corrected chi connectivity index (χ2v) is 7.75. The van der Waals surface area contributed by atoms with Crippen molar-refractivity contribution in [2.45, 2.75) is 46.1 Å². The van der Waals surface area contributed by atoms with Crippen LogP contribution >= 0.6 is 24.0 Å². The Morgan fingerprint density at radius 2 is 1.67 bits per heavy atom. The Bertz CT molecular complexity index is 944. The van der Waals surface area contributed by atoms with E-state index in [-0.39, 0.29) is 43.1 Å². The van der Waals surface area contributed by atoms with E-state index in [1.807, 2.05) is 12.1 Å². The van der Waals surface area contributed by atoms with Gasteiger partial charge in [0.15, 0.2) is 17.5 Å². The maximum Gasteiger partial charge on any atom is 0.387 e. The number of nitrogens with zero attached hydrogens (tertiary/aromatic N) is 2. The summed E-state index contributed by atoms with van der Waals surface area (Å²) in [7, 11) is 3.75. The van der Waals surface area contributed by atoms with Gasteiger partial charge in [0.05, 0.1) is 0 Å². The van der Waals surface area contributed by atoms with Gasteiger partial charge in [0.1, 0.15) is 5.75 Å². The highest BCUT2D eigenvalue weighted by atomic mass is 127. The lowest BCUT2D eigenvalue weighted by molar-refractivity contribution is -0.0505. The molecule has 2 N–H and O–H groups in total. The first-order valence-corrected chi connectivity index (χ1v) is 10.5. The minimum Gasteiger partial charge on any atom is -0.454 e. The second-order valence-electron chi connectivity index (χ2n) is 7.75. The van der Waals surface area contributed by atoms with E-state index in [0.29, 0.717) is 35.6 Å². The summed E-state index contributed by atoms with van der Waals surface area (Å²) in [5, 5.41) is 6.43. The third-order valence-corrected chi connectivity index (χ3v) is 5.31. The smallest absolute Gasteiger partial charge is 0.387 e. The predicted molar refractivity (Wildman–Crippen MR) is 135 cm³/mol. The van der Waals surface area contributed by atoms with Crippen LogP contribution in [0.1, 0.15) is 30.5 Å². The van der Waals surface area contributed by atoms with Gasteiger partial charge >= 0.3 is 6.61 Å². The Balaban J connectivity index is 0.00000385. The number of benzene rings is 2. The standard InChI is InChI=1S/C23H30F2N4O3.HI/c1-15(2)29(4)13-17-8-6-5-7-16(17)11-27-23(26-3)28-12-18-9-20-21(31-14-30-20)10-19(18)32-22(24)25;/h5-10,15,22H,11-14H2,1-4H3,(H2,26,27,28);1H. The number of halogens is 3. The van der Waals surface area contributed by atoms with Crippen molar-refractivity contribution in [3.63, 3.8) is 0 Å². The zero-order valence-electron chi connectivity index (χ0n) is 19.2. The van der Waals surface area contributed by atoms with Crippen LogP contribution in [0.2, 0.25) is 0 Å². The first-order chi connectivity index (χ1) is 15.4. The molecule has 0 bridgehead atoms. The molecule has 0 saturated heterocycles. The van der Waals surface area contributed by atoms with Crippen LogP contribution in [0.3, 0.4) is 0 Å². The SMILES string of the molecule is CN=C(NCc1ccccc1CN(C)C(C)C)NCc1cc2c(cc1OC(F)F)OCO2.I. The first kappa shape index (κ1) is 26.9. The van der Waals surface area contributed by atoms with Gasteiger partial charge in [-0.05, 0) is 38.1 Å². The molecule has 2 aromatic carbocycles. The fourth-order valence-electron chi connectivity index (χ4n) is 3.22. The zero-order chi connectivity index (χ0) is 23.1. The van der Waals surface area contributed by atoms with Gasteiger partial charge in [0.25, 0.3) is 0 Å². The van der Waals surface area contributed by atoms with Crippen LogP contribution < -0.4 is 24.8 Å². The normalized spacial score (nSPS) is 12.8. The highest BCUT2D eigenvalue weighted by molar-refractivity contribution is 14.0. The van der Waals surface area contributed by atoms with Gasteiger partial charge in [0, 0.05) is 44.4 Å². The number of aliphatic imine (C=N–C) groups is 1. The summed E-state index contributed by atoms with van der Waals surface area (Å²) in [6.07, 6.45) is 0. The van der Waals surface area contributed by atoms with Crippen molar-refractivity contribution in [1.82, 2.24) is 15.5 Å². The van der Waals surface area contributed by atoms with Crippen LogP contribution in [-0.2, 0) is 19.6 Å². The highest BCUT2D eigenvalue weighted by Gasteiger charge is 2.20. The molecule has 1 aliphatic heterocycles. The van der Waals surface area contributed by atoms with Crippen molar-refractivity contribution in [2.75, 3.05) is 20.9 Å². The van der Waals surface area contributed by atoms with Crippen molar-refractivity contribution >= 4 is 29.9 Å². The molecular formula is C23H31F2IN4O3. The van der Waals surface area contributed by atoms with Gasteiger partial charge in [-0.3, -0.25) is 9.89 Å². The van der Waals surface area contributed by atoms with Crippen LogP contribution in [0.25, 0.3) is 0 Å². The van der Waals surface area contributed by atoms with E-state index in [1.165, 1.54) is 11.6 Å². The van der Waals surface area contributed by atoms with Crippen molar-refractivity contribution in [3.05, 3.63) is 53.1 Å². The maximum atomic E-state index is 12.8. The molecule has 7 nitrogen and oxygen atoms in total. The lowest BCUT2D eigenvalue weighted by Gasteiger charge is -2.23. The van der Waals surface area contributed by atoms with Crippen LogP contribution in [0.5, 0.6) is 17.2 Å². The first-order valence-electron chi connectivity index (χ1n) is 10.5. The quantitative estimate of drug-likeness (QED) is 0.263. The number of guanidine groups is 1. The van der Waals surface area contributed by atoms with E-state index in [0.717, 1.165) is 12.1 Å². The van der Waals surface area contributed by atoms with Crippen LogP contribution in [0, 0.1) is 0 Å². The molecule has 0 radical (unpaired) electrons. The van der Waals surface area contributed by atoms with Crippen LogP contribution in [-0.4, -0.2) is 44.4 Å². The lowest BCUT2D eigenvalue weighted by atomic mass is 10.1. The van der Waals surface area contributed by atoms with E-state index < -0.39 is 6.61 Å². The Kier molecular flexibility index (Phi) is 10.4. The number of nitrogens with one attached hydrogen (secondary N) is 2. The molecule has 2 aromatic rings. The number of hydrogen-bond donors (Lipinski definition) is 2. The van der Waals surface area contributed by atoms with E-state index in [9.17, 15) is 8.78 Å². The molecule has 33 heavy (non-hydrogen) atoms. The zero-order valence-corrected chi connectivity index (χ0v) is 21.6. The molecule has 0 fully saturated rings. The summed E-state index contributed by atoms with van der Waals surface area (Å²) in [5.41, 5.74) is 2.90. The van der Waals surface area contributed by atoms with E-state index in [4.69, 9.17) is 9.47 Å². The van der Waals surface area contributed by atoms with E-state index in [1.54, 1.807) is 13.1 Å². The average molecular weight is 576 g/mol. The molecule has 1 heterocycles. The molecule has 0 spiro atoms. The molecule has 10 heteroatoms. The van der Waals surface area contributed by atoms with Crippen molar-refractivity contribution < 1.29 is 23.0 Å². The molecule has 0 aliphatic carbocycles. The molecule has 0 saturated carbocycles. The van der Waals surface area contributed by atoms with Gasteiger partial charge in [-0.25, -0.2) is 0 Å². The van der Waals surface area contributed by atoms with Crippen LogP contribution in [0.4, 0.5) is 8.78 Å². The van der Waals surface area contributed by atoms with E-state index in [2.05, 4.69) is 58.3 Å². The fraction of sp³-hybridized carbons (Fsp3) is 0.435. The third-order valence-electron chi connectivity index (χ3n) is 5.31. The maximum absolute atomic E-state index is 12.8. The van der Waals surface area contributed by atoms with Crippen molar-refractivity contribution in [3.8, 4) is 17.2 Å². The number of fused-ring (bicyclic) bond motifs is 1. The summed E-state index contributed by atoms with van der Waals surface area (Å²) >= 11 is 0. The Morgan fingerprint density at radius 3 is 2.27 bits per heavy atom. The molecule has 0 atom stereocenters. The molecule has 1 aliphatic rings. The minimum atomic E-state index is -2.94. The lowest BCUT2D eigenvalue weighted by Crippen LogP contribution is -2.36. The Hall–Kier alpha value is -2.34. The van der Waals surface area contributed by atoms with Gasteiger partial charge in [-0.1, -0.05) is 24.3 Å². The average Bonchev–Trinajstić information content (AvgIpc) is 3.21. The minimum absolute atomic E-state index is 0. The summed E-state index contributed by atoms with van der Waals surface area (Å²) in [6.45, 7) is 3.07. The largest absolute Gasteiger partial charge is 0.454 e. The van der Waals surface area contributed by atoms with Gasteiger partial charge < -0.3 is 24.8 Å². The summed E-state index contributed by atoms with van der Waals surface area (Å²) in [6, 6.07) is 11.7. The predicted octanol–water partition coefficient (Wildman–Crippen LogP) is 4.34. The number of alkyl halides is 2. The Morgan fingerprint density at radius 1 is 1.06 bits per heavy atom. The summed E-state index contributed by atoms with van der Waals surface area (Å²) in [5.74, 6) is 1.45. The molecular weight excluding hydrogens is 545 g/mol. The molecule has 0 aromatic heterocycles. The molecule has 182 valence electrons. The monoisotopic (exact) mass is 576 g/mol. The summed E-state index contributed by atoms with van der Waals surface area (Å²) in [4.78, 5) is 6.51. The molecule has 3 rings (SSSR count). The van der Waals surface area contributed by atoms with Crippen molar-refractivity contribution in [2.24, 2.45) is 4.99 Å². The number of ether oxygens (including phenoxy) is 3. The van der Waals surface area contributed by atoms with Crippen molar-refractivity contribution in [1.29, 1.82) is 0 Å². The fourth-order valence-corrected chi connectivity index (χ4v) is 3.22.